The normalized spacial score (nSPS) is 22.4. The first-order valence-electron chi connectivity index (χ1n) is 8.36. The van der Waals surface area contributed by atoms with Crippen LogP contribution < -0.4 is 5.32 Å². The van der Waals surface area contributed by atoms with Crippen molar-refractivity contribution in [1.29, 1.82) is 0 Å². The molecule has 0 bridgehead atoms. The van der Waals surface area contributed by atoms with Gasteiger partial charge in [0.25, 0.3) is 0 Å². The predicted octanol–water partition coefficient (Wildman–Crippen LogP) is 4.13. The van der Waals surface area contributed by atoms with Gasteiger partial charge >= 0.3 is 0 Å². The molecular formula is C18H29ClN2. The van der Waals surface area contributed by atoms with E-state index < -0.39 is 0 Å². The van der Waals surface area contributed by atoms with Gasteiger partial charge in [0.15, 0.2) is 0 Å². The zero-order chi connectivity index (χ0) is 15.3. The molecule has 0 radical (unpaired) electrons. The summed E-state index contributed by atoms with van der Waals surface area (Å²) in [6.45, 7) is 10.3. The van der Waals surface area contributed by atoms with Crippen LogP contribution in [-0.4, -0.2) is 36.1 Å². The van der Waals surface area contributed by atoms with Gasteiger partial charge in [-0.15, -0.1) is 0 Å². The van der Waals surface area contributed by atoms with E-state index in [2.05, 4.69) is 43.1 Å². The Kier molecular flexibility index (Phi) is 6.09. The number of halogens is 1. The molecule has 1 unspecified atom stereocenters. The first-order valence-corrected chi connectivity index (χ1v) is 8.73. The van der Waals surface area contributed by atoms with Crippen molar-refractivity contribution in [3.8, 4) is 0 Å². The van der Waals surface area contributed by atoms with Gasteiger partial charge < -0.3 is 5.32 Å². The number of nitrogens with one attached hydrogen (secondary N) is 1. The highest BCUT2D eigenvalue weighted by molar-refractivity contribution is 6.30. The van der Waals surface area contributed by atoms with Crippen molar-refractivity contribution >= 4 is 11.6 Å². The van der Waals surface area contributed by atoms with E-state index in [0.29, 0.717) is 11.6 Å². The number of rotatable bonds is 6. The van der Waals surface area contributed by atoms with Gasteiger partial charge in [-0.3, -0.25) is 4.90 Å². The lowest BCUT2D eigenvalue weighted by Crippen LogP contribution is -2.63. The maximum atomic E-state index is 5.96. The van der Waals surface area contributed by atoms with Gasteiger partial charge in [0.05, 0.1) is 0 Å². The molecule has 1 aliphatic rings. The summed E-state index contributed by atoms with van der Waals surface area (Å²) in [5.41, 5.74) is 1.69. The third-order valence-corrected chi connectivity index (χ3v) is 5.41. The van der Waals surface area contributed by atoms with E-state index in [-0.39, 0.29) is 0 Å². The van der Waals surface area contributed by atoms with E-state index in [1.165, 1.54) is 31.4 Å². The van der Waals surface area contributed by atoms with E-state index in [4.69, 9.17) is 11.6 Å². The fourth-order valence-electron chi connectivity index (χ4n) is 3.35. The SMILES string of the molecule is CCC1CNC(CC)(CC)CN1CCc1ccc(Cl)cc1. The standard InChI is InChI=1S/C18H29ClN2/c1-4-17-13-20-18(5-2,6-3)14-21(17)12-11-15-7-9-16(19)10-8-15/h7-10,17,20H,4-6,11-14H2,1-3H3. The maximum Gasteiger partial charge on any atom is 0.0406 e. The summed E-state index contributed by atoms with van der Waals surface area (Å²) in [7, 11) is 0. The summed E-state index contributed by atoms with van der Waals surface area (Å²) in [5.74, 6) is 0. The Morgan fingerprint density at radius 2 is 1.86 bits per heavy atom. The molecule has 0 amide bonds. The Labute approximate surface area is 134 Å². The van der Waals surface area contributed by atoms with Crippen LogP contribution in [0.1, 0.15) is 45.6 Å². The van der Waals surface area contributed by atoms with Crippen molar-refractivity contribution in [3.63, 3.8) is 0 Å². The van der Waals surface area contributed by atoms with Gasteiger partial charge in [-0.05, 0) is 43.4 Å². The maximum absolute atomic E-state index is 5.96. The Hall–Kier alpha value is -0.570. The molecule has 2 nitrogen and oxygen atoms in total. The largest absolute Gasteiger partial charge is 0.308 e. The topological polar surface area (TPSA) is 15.3 Å². The van der Waals surface area contributed by atoms with Crippen LogP contribution in [0.4, 0.5) is 0 Å². The van der Waals surface area contributed by atoms with E-state index in [0.717, 1.165) is 24.5 Å². The van der Waals surface area contributed by atoms with E-state index in [1.807, 2.05) is 12.1 Å². The molecule has 0 saturated carbocycles. The number of piperazine rings is 1. The number of nitrogens with zero attached hydrogens (tertiary/aromatic N) is 1. The molecule has 1 aromatic carbocycles. The molecule has 0 spiro atoms. The van der Waals surface area contributed by atoms with Gasteiger partial charge in [-0.25, -0.2) is 0 Å². The highest BCUT2D eigenvalue weighted by Crippen LogP contribution is 2.24. The second-order valence-corrected chi connectivity index (χ2v) is 6.71. The minimum absolute atomic E-state index is 0.311. The molecule has 21 heavy (non-hydrogen) atoms. The minimum Gasteiger partial charge on any atom is -0.308 e. The fraction of sp³-hybridized carbons (Fsp3) is 0.667. The lowest BCUT2D eigenvalue weighted by molar-refractivity contribution is 0.0716. The Morgan fingerprint density at radius 3 is 2.43 bits per heavy atom. The Balaban J connectivity index is 1.99. The first kappa shape index (κ1) is 16.8. The van der Waals surface area contributed by atoms with Crippen molar-refractivity contribution in [2.45, 2.75) is 58.0 Å². The Morgan fingerprint density at radius 1 is 1.19 bits per heavy atom. The van der Waals surface area contributed by atoms with Crippen LogP contribution in [0.2, 0.25) is 5.02 Å². The van der Waals surface area contributed by atoms with Crippen LogP contribution in [0, 0.1) is 0 Å². The van der Waals surface area contributed by atoms with Gasteiger partial charge in [0.1, 0.15) is 0 Å². The van der Waals surface area contributed by atoms with Crippen LogP contribution >= 0.6 is 11.6 Å². The molecule has 1 aromatic rings. The average Bonchev–Trinajstić information content (AvgIpc) is 2.54. The summed E-state index contributed by atoms with van der Waals surface area (Å²) in [6.07, 6.45) is 4.74. The number of hydrogen-bond donors (Lipinski definition) is 1. The van der Waals surface area contributed by atoms with Crippen LogP contribution in [0.25, 0.3) is 0 Å². The second-order valence-electron chi connectivity index (χ2n) is 6.28. The lowest BCUT2D eigenvalue weighted by Gasteiger charge is -2.47. The molecule has 1 heterocycles. The van der Waals surface area contributed by atoms with E-state index in [9.17, 15) is 0 Å². The second kappa shape index (κ2) is 7.62. The molecule has 1 fully saturated rings. The van der Waals surface area contributed by atoms with Gasteiger partial charge in [-0.1, -0.05) is 44.5 Å². The summed E-state index contributed by atoms with van der Waals surface area (Å²) in [6, 6.07) is 8.96. The molecular weight excluding hydrogens is 280 g/mol. The molecule has 0 aliphatic carbocycles. The fourth-order valence-corrected chi connectivity index (χ4v) is 3.47. The quantitative estimate of drug-likeness (QED) is 0.850. The monoisotopic (exact) mass is 308 g/mol. The van der Waals surface area contributed by atoms with Crippen molar-refractivity contribution in [2.75, 3.05) is 19.6 Å². The number of hydrogen-bond acceptors (Lipinski definition) is 2. The zero-order valence-corrected chi connectivity index (χ0v) is 14.4. The highest BCUT2D eigenvalue weighted by Gasteiger charge is 2.35. The summed E-state index contributed by atoms with van der Waals surface area (Å²) in [4.78, 5) is 2.69. The lowest BCUT2D eigenvalue weighted by atomic mass is 9.88. The van der Waals surface area contributed by atoms with Crippen LogP contribution in [0.15, 0.2) is 24.3 Å². The minimum atomic E-state index is 0.311. The Bertz CT molecular complexity index is 425. The first-order chi connectivity index (χ1) is 10.1. The molecule has 1 saturated heterocycles. The molecule has 1 aliphatic heterocycles. The van der Waals surface area contributed by atoms with Gasteiger partial charge in [0.2, 0.25) is 0 Å². The summed E-state index contributed by atoms with van der Waals surface area (Å²) in [5, 5.41) is 4.63. The van der Waals surface area contributed by atoms with Gasteiger partial charge in [-0.2, -0.15) is 0 Å². The van der Waals surface area contributed by atoms with E-state index >= 15 is 0 Å². The predicted molar refractivity (Wildman–Crippen MR) is 92.1 cm³/mol. The smallest absolute Gasteiger partial charge is 0.0406 e. The van der Waals surface area contributed by atoms with Crippen molar-refractivity contribution in [1.82, 2.24) is 10.2 Å². The molecule has 118 valence electrons. The molecule has 1 atom stereocenters. The zero-order valence-electron chi connectivity index (χ0n) is 13.7. The molecule has 1 N–H and O–H groups in total. The molecule has 0 aromatic heterocycles. The molecule has 2 rings (SSSR count). The van der Waals surface area contributed by atoms with Crippen molar-refractivity contribution in [3.05, 3.63) is 34.9 Å². The third-order valence-electron chi connectivity index (χ3n) is 5.16. The van der Waals surface area contributed by atoms with Crippen LogP contribution in [-0.2, 0) is 6.42 Å². The summed E-state index contributed by atoms with van der Waals surface area (Å²) < 4.78 is 0. The van der Waals surface area contributed by atoms with Crippen molar-refractivity contribution < 1.29 is 0 Å². The summed E-state index contributed by atoms with van der Waals surface area (Å²) >= 11 is 5.96. The average molecular weight is 309 g/mol. The van der Waals surface area contributed by atoms with Crippen LogP contribution in [0.3, 0.4) is 0 Å². The van der Waals surface area contributed by atoms with E-state index in [1.54, 1.807) is 0 Å². The van der Waals surface area contributed by atoms with Gasteiger partial charge in [0, 0.05) is 36.2 Å². The highest BCUT2D eigenvalue weighted by atomic mass is 35.5. The third kappa shape index (κ3) is 4.21. The number of benzene rings is 1. The van der Waals surface area contributed by atoms with Crippen LogP contribution in [0.5, 0.6) is 0 Å². The molecule has 3 heteroatoms. The van der Waals surface area contributed by atoms with Crippen molar-refractivity contribution in [2.24, 2.45) is 0 Å².